The number of fused-ring (bicyclic) bond motifs is 1. The largest absolute Gasteiger partial charge is 0.397 e. The average molecular weight is 177 g/mol. The minimum absolute atomic E-state index is 0.472. The van der Waals surface area contributed by atoms with Crippen LogP contribution in [0.1, 0.15) is 15.2 Å². The first-order chi connectivity index (χ1) is 6.91. The van der Waals surface area contributed by atoms with Crippen molar-refractivity contribution in [3.05, 3.63) is 23.9 Å². The van der Waals surface area contributed by atoms with Gasteiger partial charge in [-0.2, -0.15) is 5.10 Å². The molecular weight excluding hydrogens is 162 g/mol. The molecule has 1 aromatic heterocycles. The van der Waals surface area contributed by atoms with Gasteiger partial charge < -0.3 is 5.73 Å². The SMILES string of the molecule is [2H]C([2H])(C)c1ccc2cnn(C)c2c1N. The summed E-state index contributed by atoms with van der Waals surface area (Å²) in [6, 6.07) is 3.56. The maximum absolute atomic E-state index is 7.67. The van der Waals surface area contributed by atoms with Crippen LogP contribution >= 0.6 is 0 Å². The molecule has 0 aliphatic rings. The van der Waals surface area contributed by atoms with E-state index in [1.807, 2.05) is 6.07 Å². The first-order valence-corrected chi connectivity index (χ1v) is 4.12. The lowest BCUT2D eigenvalue weighted by molar-refractivity contribution is 0.797. The van der Waals surface area contributed by atoms with Crippen LogP contribution in [0.25, 0.3) is 10.9 Å². The summed E-state index contributed by atoms with van der Waals surface area (Å²) in [4.78, 5) is 0. The number of aromatic nitrogens is 2. The van der Waals surface area contributed by atoms with E-state index in [-0.39, 0.29) is 0 Å². The lowest BCUT2D eigenvalue weighted by atomic mass is 10.1. The highest BCUT2D eigenvalue weighted by Gasteiger charge is 2.06. The summed E-state index contributed by atoms with van der Waals surface area (Å²) >= 11 is 0. The molecule has 0 aliphatic carbocycles. The fourth-order valence-electron chi connectivity index (χ4n) is 1.51. The molecule has 68 valence electrons. The zero-order chi connectivity index (χ0) is 11.2. The van der Waals surface area contributed by atoms with Crippen LogP contribution < -0.4 is 5.73 Å². The van der Waals surface area contributed by atoms with E-state index in [1.165, 1.54) is 6.92 Å². The molecule has 0 atom stereocenters. The van der Waals surface area contributed by atoms with Gasteiger partial charge in [-0.1, -0.05) is 19.1 Å². The van der Waals surface area contributed by atoms with Crippen molar-refractivity contribution in [2.45, 2.75) is 13.3 Å². The molecule has 0 saturated carbocycles. The Morgan fingerprint density at radius 2 is 2.38 bits per heavy atom. The van der Waals surface area contributed by atoms with Crippen molar-refractivity contribution in [2.24, 2.45) is 7.05 Å². The number of anilines is 1. The Morgan fingerprint density at radius 3 is 3.08 bits per heavy atom. The number of nitrogens with two attached hydrogens (primary N) is 1. The fourth-order valence-corrected chi connectivity index (χ4v) is 1.51. The number of hydrogen-bond acceptors (Lipinski definition) is 2. The first kappa shape index (κ1) is 6.02. The lowest BCUT2D eigenvalue weighted by Crippen LogP contribution is -1.98. The van der Waals surface area contributed by atoms with Gasteiger partial charge in [-0.15, -0.1) is 0 Å². The molecule has 0 amide bonds. The third kappa shape index (κ3) is 1.08. The number of nitrogen functional groups attached to an aromatic ring is 1. The van der Waals surface area contributed by atoms with Crippen LogP contribution in [0.4, 0.5) is 5.69 Å². The van der Waals surface area contributed by atoms with Gasteiger partial charge in [-0.05, 0) is 11.9 Å². The van der Waals surface area contributed by atoms with Crippen molar-refractivity contribution < 1.29 is 2.74 Å². The Bertz CT molecular complexity index is 511. The van der Waals surface area contributed by atoms with Crippen molar-refractivity contribution in [1.29, 1.82) is 0 Å². The van der Waals surface area contributed by atoms with Gasteiger partial charge in [-0.3, -0.25) is 4.68 Å². The average Bonchev–Trinajstić information content (AvgIpc) is 2.46. The van der Waals surface area contributed by atoms with E-state index in [2.05, 4.69) is 5.10 Å². The number of aryl methyl sites for hydroxylation is 2. The second-order valence-corrected chi connectivity index (χ2v) is 2.98. The molecule has 0 spiro atoms. The molecule has 2 aromatic rings. The Hall–Kier alpha value is -1.51. The fraction of sp³-hybridized carbons (Fsp3) is 0.300. The molecule has 3 nitrogen and oxygen atoms in total. The second kappa shape index (κ2) is 2.76. The second-order valence-electron chi connectivity index (χ2n) is 2.98. The van der Waals surface area contributed by atoms with Gasteiger partial charge in [0.2, 0.25) is 0 Å². The number of hydrogen-bond donors (Lipinski definition) is 1. The highest BCUT2D eigenvalue weighted by atomic mass is 15.3. The van der Waals surface area contributed by atoms with Crippen LogP contribution in [-0.2, 0) is 13.4 Å². The van der Waals surface area contributed by atoms with Crippen LogP contribution in [0.15, 0.2) is 18.3 Å². The number of benzene rings is 1. The van der Waals surface area contributed by atoms with Crippen molar-refractivity contribution in [2.75, 3.05) is 5.73 Å². The van der Waals surface area contributed by atoms with Crippen molar-refractivity contribution >= 4 is 16.6 Å². The van der Waals surface area contributed by atoms with E-state index in [0.717, 1.165) is 10.9 Å². The van der Waals surface area contributed by atoms with Crippen LogP contribution in [0, 0.1) is 0 Å². The lowest BCUT2D eigenvalue weighted by Gasteiger charge is -2.04. The number of nitrogens with zero attached hydrogens (tertiary/aromatic N) is 2. The van der Waals surface area contributed by atoms with Gasteiger partial charge in [0.15, 0.2) is 0 Å². The molecule has 0 bridgehead atoms. The summed E-state index contributed by atoms with van der Waals surface area (Å²) in [5.74, 6) is 0. The third-order valence-electron chi connectivity index (χ3n) is 2.21. The summed E-state index contributed by atoms with van der Waals surface area (Å²) < 4.78 is 17.0. The predicted octanol–water partition coefficient (Wildman–Crippen LogP) is 1.72. The Morgan fingerprint density at radius 1 is 1.62 bits per heavy atom. The molecule has 2 rings (SSSR count). The highest BCUT2D eigenvalue weighted by Crippen LogP contribution is 2.24. The third-order valence-corrected chi connectivity index (χ3v) is 2.21. The van der Waals surface area contributed by atoms with Crippen molar-refractivity contribution in [3.8, 4) is 0 Å². The van der Waals surface area contributed by atoms with Gasteiger partial charge in [0.1, 0.15) is 0 Å². The van der Waals surface area contributed by atoms with Gasteiger partial charge in [-0.25, -0.2) is 0 Å². The van der Waals surface area contributed by atoms with Crippen LogP contribution in [0.2, 0.25) is 0 Å². The molecule has 0 saturated heterocycles. The highest BCUT2D eigenvalue weighted by molar-refractivity contribution is 5.91. The standard InChI is InChI=1S/C10H13N3/c1-3-7-4-5-8-6-12-13(2)10(8)9(7)11/h4-6H,3,11H2,1-2H3/i3D2. The van der Waals surface area contributed by atoms with E-state index in [4.69, 9.17) is 8.48 Å². The van der Waals surface area contributed by atoms with E-state index in [9.17, 15) is 0 Å². The topological polar surface area (TPSA) is 43.8 Å². The summed E-state index contributed by atoms with van der Waals surface area (Å²) in [5, 5.41) is 5.03. The summed E-state index contributed by atoms with van der Waals surface area (Å²) in [6.45, 7) is 1.50. The molecule has 0 aliphatic heterocycles. The Balaban J connectivity index is 2.80. The zero-order valence-electron chi connectivity index (χ0n) is 9.70. The smallest absolute Gasteiger partial charge is 0.0911 e. The monoisotopic (exact) mass is 177 g/mol. The molecule has 3 heteroatoms. The molecule has 1 aromatic carbocycles. The molecule has 2 N–H and O–H groups in total. The zero-order valence-corrected chi connectivity index (χ0v) is 7.70. The minimum Gasteiger partial charge on any atom is -0.397 e. The normalized spacial score (nSPS) is 14.3. The maximum Gasteiger partial charge on any atom is 0.0911 e. The molecule has 13 heavy (non-hydrogen) atoms. The van der Waals surface area contributed by atoms with Gasteiger partial charge in [0.25, 0.3) is 0 Å². The Labute approximate surface area is 80.0 Å². The van der Waals surface area contributed by atoms with Gasteiger partial charge in [0.05, 0.1) is 17.4 Å². The molecule has 0 fully saturated rings. The quantitative estimate of drug-likeness (QED) is 0.674. The summed E-state index contributed by atoms with van der Waals surface area (Å²) in [6.07, 6.45) is 0.295. The van der Waals surface area contributed by atoms with Crippen molar-refractivity contribution in [3.63, 3.8) is 0 Å². The summed E-state index contributed by atoms with van der Waals surface area (Å²) in [7, 11) is 1.80. The molecular formula is C10H13N3. The van der Waals surface area contributed by atoms with Crippen LogP contribution in [0.3, 0.4) is 0 Å². The van der Waals surface area contributed by atoms with E-state index in [1.54, 1.807) is 24.0 Å². The number of rotatable bonds is 1. The van der Waals surface area contributed by atoms with Gasteiger partial charge in [0, 0.05) is 15.2 Å². The molecule has 0 radical (unpaired) electrons. The van der Waals surface area contributed by atoms with Crippen LogP contribution in [-0.4, -0.2) is 9.78 Å². The van der Waals surface area contributed by atoms with E-state index >= 15 is 0 Å². The Kier molecular flexibility index (Phi) is 1.28. The molecule has 0 unspecified atom stereocenters. The van der Waals surface area contributed by atoms with Crippen molar-refractivity contribution in [1.82, 2.24) is 9.78 Å². The van der Waals surface area contributed by atoms with Crippen LogP contribution in [0.5, 0.6) is 0 Å². The molecule has 1 heterocycles. The minimum atomic E-state index is -1.43. The summed E-state index contributed by atoms with van der Waals surface area (Å²) in [5.41, 5.74) is 7.72. The first-order valence-electron chi connectivity index (χ1n) is 5.12. The predicted molar refractivity (Wildman–Crippen MR) is 54.5 cm³/mol. The van der Waals surface area contributed by atoms with E-state index < -0.39 is 6.37 Å². The maximum atomic E-state index is 7.67. The van der Waals surface area contributed by atoms with E-state index in [0.29, 0.717) is 11.3 Å². The van der Waals surface area contributed by atoms with Gasteiger partial charge >= 0.3 is 0 Å².